The molecular formula is C15H18FNO2. The summed E-state index contributed by atoms with van der Waals surface area (Å²) in [4.78, 5) is 11.8. The van der Waals surface area contributed by atoms with E-state index in [-0.39, 0.29) is 24.0 Å². The summed E-state index contributed by atoms with van der Waals surface area (Å²) < 4.78 is 13.4. The van der Waals surface area contributed by atoms with Crippen LogP contribution in [0, 0.1) is 23.6 Å². The van der Waals surface area contributed by atoms with Crippen LogP contribution in [-0.4, -0.2) is 17.6 Å². The highest BCUT2D eigenvalue weighted by atomic mass is 19.1. The Labute approximate surface area is 112 Å². The molecular weight excluding hydrogens is 245 g/mol. The van der Waals surface area contributed by atoms with Gasteiger partial charge in [0.2, 0.25) is 5.91 Å². The highest BCUT2D eigenvalue weighted by molar-refractivity contribution is 5.92. The SMILES string of the molecule is CCCC(C)C(=O)Nc1ccc(F)c(C#CCO)c1. The monoisotopic (exact) mass is 263 g/mol. The number of amides is 1. The molecule has 0 spiro atoms. The van der Waals surface area contributed by atoms with Gasteiger partial charge in [0, 0.05) is 11.6 Å². The van der Waals surface area contributed by atoms with Gasteiger partial charge >= 0.3 is 0 Å². The van der Waals surface area contributed by atoms with Crippen molar-refractivity contribution in [1.29, 1.82) is 0 Å². The summed E-state index contributed by atoms with van der Waals surface area (Å²) in [5.74, 6) is 4.24. The van der Waals surface area contributed by atoms with Gasteiger partial charge in [0.15, 0.2) is 0 Å². The quantitative estimate of drug-likeness (QED) is 0.820. The van der Waals surface area contributed by atoms with E-state index in [0.717, 1.165) is 12.8 Å². The first kappa shape index (κ1) is 15.2. The lowest BCUT2D eigenvalue weighted by Crippen LogP contribution is -2.20. The average molecular weight is 263 g/mol. The van der Waals surface area contributed by atoms with Crippen LogP contribution in [0.2, 0.25) is 0 Å². The number of halogens is 1. The van der Waals surface area contributed by atoms with Gasteiger partial charge in [0.05, 0.1) is 5.56 Å². The van der Waals surface area contributed by atoms with E-state index in [1.54, 1.807) is 0 Å². The Balaban J connectivity index is 2.82. The molecule has 0 saturated carbocycles. The number of anilines is 1. The molecule has 1 aromatic rings. The van der Waals surface area contributed by atoms with Gasteiger partial charge in [-0.2, -0.15) is 0 Å². The van der Waals surface area contributed by atoms with Gasteiger partial charge in [0.1, 0.15) is 12.4 Å². The maximum Gasteiger partial charge on any atom is 0.227 e. The van der Waals surface area contributed by atoms with E-state index in [9.17, 15) is 9.18 Å². The molecule has 0 saturated heterocycles. The van der Waals surface area contributed by atoms with Crippen LogP contribution >= 0.6 is 0 Å². The maximum atomic E-state index is 13.4. The molecule has 0 aromatic heterocycles. The third-order valence-electron chi connectivity index (χ3n) is 2.71. The average Bonchev–Trinajstić information content (AvgIpc) is 2.39. The van der Waals surface area contributed by atoms with Gasteiger partial charge in [-0.3, -0.25) is 4.79 Å². The van der Waals surface area contributed by atoms with Crippen molar-refractivity contribution in [2.24, 2.45) is 5.92 Å². The van der Waals surface area contributed by atoms with Crippen LogP contribution in [0.25, 0.3) is 0 Å². The predicted molar refractivity (Wildman–Crippen MR) is 73.1 cm³/mol. The summed E-state index contributed by atoms with van der Waals surface area (Å²) in [7, 11) is 0. The van der Waals surface area contributed by atoms with E-state index in [1.807, 2.05) is 13.8 Å². The minimum absolute atomic E-state index is 0.0815. The molecule has 4 heteroatoms. The van der Waals surface area contributed by atoms with E-state index in [2.05, 4.69) is 17.2 Å². The number of benzene rings is 1. The Morgan fingerprint density at radius 3 is 2.89 bits per heavy atom. The van der Waals surface area contributed by atoms with Crippen molar-refractivity contribution >= 4 is 11.6 Å². The third kappa shape index (κ3) is 4.72. The summed E-state index contributed by atoms with van der Waals surface area (Å²) in [6.45, 7) is 3.54. The van der Waals surface area contributed by atoms with Crippen molar-refractivity contribution < 1.29 is 14.3 Å². The van der Waals surface area contributed by atoms with Crippen LogP contribution < -0.4 is 5.32 Å². The van der Waals surface area contributed by atoms with E-state index < -0.39 is 5.82 Å². The van der Waals surface area contributed by atoms with Crippen molar-refractivity contribution in [3.05, 3.63) is 29.6 Å². The highest BCUT2D eigenvalue weighted by Crippen LogP contribution is 2.16. The molecule has 102 valence electrons. The zero-order valence-electron chi connectivity index (χ0n) is 11.2. The van der Waals surface area contributed by atoms with Crippen LogP contribution in [0.3, 0.4) is 0 Å². The third-order valence-corrected chi connectivity index (χ3v) is 2.71. The maximum absolute atomic E-state index is 13.4. The molecule has 0 aliphatic heterocycles. The van der Waals surface area contributed by atoms with Gasteiger partial charge < -0.3 is 10.4 Å². The van der Waals surface area contributed by atoms with Crippen LogP contribution in [0.4, 0.5) is 10.1 Å². The van der Waals surface area contributed by atoms with Crippen LogP contribution in [0.1, 0.15) is 32.3 Å². The zero-order valence-corrected chi connectivity index (χ0v) is 11.2. The molecule has 2 N–H and O–H groups in total. The lowest BCUT2D eigenvalue weighted by atomic mass is 10.1. The van der Waals surface area contributed by atoms with E-state index >= 15 is 0 Å². The molecule has 3 nitrogen and oxygen atoms in total. The Bertz CT molecular complexity index is 503. The number of nitrogens with one attached hydrogen (secondary N) is 1. The van der Waals surface area contributed by atoms with Crippen LogP contribution in [0.5, 0.6) is 0 Å². The summed E-state index contributed by atoms with van der Waals surface area (Å²) in [5, 5.41) is 11.3. The summed E-state index contributed by atoms with van der Waals surface area (Å²) in [6.07, 6.45) is 1.75. The standard InChI is InChI=1S/C15H18FNO2/c1-3-5-11(2)15(19)17-13-7-8-14(16)12(10-13)6-4-9-18/h7-8,10-11,18H,3,5,9H2,1-2H3,(H,17,19). The zero-order chi connectivity index (χ0) is 14.3. The van der Waals surface area contributed by atoms with Crippen LogP contribution in [0.15, 0.2) is 18.2 Å². The number of aliphatic hydroxyl groups excluding tert-OH is 1. The fourth-order valence-electron chi connectivity index (χ4n) is 1.66. The smallest absolute Gasteiger partial charge is 0.227 e. The predicted octanol–water partition coefficient (Wildman–Crippen LogP) is 2.54. The summed E-state index contributed by atoms with van der Waals surface area (Å²) >= 11 is 0. The van der Waals surface area contributed by atoms with E-state index in [4.69, 9.17) is 5.11 Å². The first-order valence-electron chi connectivity index (χ1n) is 6.28. The number of hydrogen-bond acceptors (Lipinski definition) is 2. The van der Waals surface area contributed by atoms with E-state index in [0.29, 0.717) is 5.69 Å². The lowest BCUT2D eigenvalue weighted by Gasteiger charge is -2.11. The topological polar surface area (TPSA) is 49.3 Å². The first-order valence-corrected chi connectivity index (χ1v) is 6.28. The van der Waals surface area contributed by atoms with Crippen molar-refractivity contribution in [3.8, 4) is 11.8 Å². The normalized spacial score (nSPS) is 11.4. The molecule has 0 fully saturated rings. The van der Waals surface area contributed by atoms with E-state index in [1.165, 1.54) is 18.2 Å². The van der Waals surface area contributed by atoms with Crippen molar-refractivity contribution in [1.82, 2.24) is 0 Å². The molecule has 1 unspecified atom stereocenters. The van der Waals surface area contributed by atoms with Crippen molar-refractivity contribution in [2.75, 3.05) is 11.9 Å². The first-order chi connectivity index (χ1) is 9.08. The molecule has 1 amide bonds. The lowest BCUT2D eigenvalue weighted by molar-refractivity contribution is -0.119. The second kappa shape index (κ2) is 7.55. The molecule has 0 heterocycles. The number of carbonyl (C=O) groups is 1. The Hall–Kier alpha value is -1.86. The molecule has 1 atom stereocenters. The number of aliphatic hydroxyl groups is 1. The Morgan fingerprint density at radius 2 is 2.26 bits per heavy atom. The minimum Gasteiger partial charge on any atom is -0.384 e. The van der Waals surface area contributed by atoms with Crippen molar-refractivity contribution in [3.63, 3.8) is 0 Å². The molecule has 0 radical (unpaired) electrons. The number of hydrogen-bond donors (Lipinski definition) is 2. The molecule has 1 aromatic carbocycles. The fourth-order valence-corrected chi connectivity index (χ4v) is 1.66. The van der Waals surface area contributed by atoms with Crippen LogP contribution in [-0.2, 0) is 4.79 Å². The largest absolute Gasteiger partial charge is 0.384 e. The highest BCUT2D eigenvalue weighted by Gasteiger charge is 2.12. The Morgan fingerprint density at radius 1 is 1.53 bits per heavy atom. The Kier molecular flexibility index (Phi) is 6.04. The molecule has 0 bridgehead atoms. The molecule has 19 heavy (non-hydrogen) atoms. The summed E-state index contributed by atoms with van der Waals surface area (Å²) in [5.41, 5.74) is 0.673. The van der Waals surface area contributed by atoms with Gasteiger partial charge in [-0.05, 0) is 24.6 Å². The number of rotatable bonds is 4. The second-order valence-corrected chi connectivity index (χ2v) is 4.33. The fraction of sp³-hybridized carbons (Fsp3) is 0.400. The van der Waals surface area contributed by atoms with Gasteiger partial charge in [-0.1, -0.05) is 32.1 Å². The molecule has 0 aliphatic carbocycles. The minimum atomic E-state index is -0.472. The molecule has 0 aliphatic rings. The van der Waals surface area contributed by atoms with Crippen molar-refractivity contribution in [2.45, 2.75) is 26.7 Å². The number of carbonyl (C=O) groups excluding carboxylic acids is 1. The van der Waals surface area contributed by atoms with Gasteiger partial charge in [0.25, 0.3) is 0 Å². The van der Waals surface area contributed by atoms with Gasteiger partial charge in [-0.25, -0.2) is 4.39 Å². The molecule has 1 rings (SSSR count). The summed E-state index contributed by atoms with van der Waals surface area (Å²) in [6, 6.07) is 4.21. The second-order valence-electron chi connectivity index (χ2n) is 4.33. The van der Waals surface area contributed by atoms with Gasteiger partial charge in [-0.15, -0.1) is 0 Å².